The molecule has 0 radical (unpaired) electrons. The topological polar surface area (TPSA) is 64.6 Å². The highest BCUT2D eigenvalue weighted by atomic mass is 16.4. The minimum Gasteiger partial charge on any atom is -0.478 e. The van der Waals surface area contributed by atoms with Crippen LogP contribution in [0.1, 0.15) is 22.1 Å². The van der Waals surface area contributed by atoms with Crippen LogP contribution in [0.25, 0.3) is 0 Å². The molecular weight excluding hydrogens is 325 g/mol. The Labute approximate surface area is 152 Å². The fourth-order valence-electron chi connectivity index (χ4n) is 3.17. The van der Waals surface area contributed by atoms with Gasteiger partial charge in [-0.15, -0.1) is 0 Å². The molecule has 3 N–H and O–H groups in total. The zero-order valence-electron chi connectivity index (χ0n) is 14.0. The predicted molar refractivity (Wildman–Crippen MR) is 103 cm³/mol. The van der Waals surface area contributed by atoms with Gasteiger partial charge < -0.3 is 15.3 Å². The van der Waals surface area contributed by atoms with Crippen molar-refractivity contribution in [1.29, 1.82) is 0 Å². The van der Waals surface area contributed by atoms with Crippen LogP contribution < -0.4 is 21.0 Å². The molecule has 0 bridgehead atoms. The van der Waals surface area contributed by atoms with Gasteiger partial charge in [-0.1, -0.05) is 60.7 Å². The summed E-state index contributed by atoms with van der Waals surface area (Å²) in [4.78, 5) is 13.2. The highest BCUT2D eigenvalue weighted by Crippen LogP contribution is 2.22. The summed E-state index contributed by atoms with van der Waals surface area (Å²) < 4.78 is 0. The maximum atomic E-state index is 11.1. The monoisotopic (exact) mass is 343 g/mol. The van der Waals surface area contributed by atoms with Crippen molar-refractivity contribution in [2.45, 2.75) is 6.17 Å². The molecule has 3 aromatic rings. The summed E-state index contributed by atoms with van der Waals surface area (Å²) in [6, 6.07) is 27.2. The molecule has 1 fully saturated rings. The van der Waals surface area contributed by atoms with E-state index in [1.165, 1.54) is 0 Å². The Morgan fingerprint density at radius 3 is 2.12 bits per heavy atom. The summed E-state index contributed by atoms with van der Waals surface area (Å²) in [5.41, 5.74) is 6.96. The summed E-state index contributed by atoms with van der Waals surface area (Å²) in [5.74, 6) is -0.920. The minimum atomic E-state index is -0.920. The zero-order valence-corrected chi connectivity index (χ0v) is 14.0. The Bertz CT molecular complexity index is 888. The van der Waals surface area contributed by atoms with Crippen LogP contribution in [-0.2, 0) is 0 Å². The number of hydrogen-bond donors (Lipinski definition) is 3. The van der Waals surface area contributed by atoms with E-state index in [1.54, 1.807) is 12.1 Å². The van der Waals surface area contributed by atoms with E-state index in [0.717, 1.165) is 16.7 Å². The molecule has 1 unspecified atom stereocenters. The van der Waals surface area contributed by atoms with Crippen LogP contribution >= 0.6 is 0 Å². The van der Waals surface area contributed by atoms with E-state index < -0.39 is 5.97 Å². The van der Waals surface area contributed by atoms with E-state index >= 15 is 0 Å². The second-order valence-electron chi connectivity index (χ2n) is 6.17. The Kier molecular flexibility index (Phi) is 4.43. The van der Waals surface area contributed by atoms with Crippen molar-refractivity contribution in [3.8, 4) is 0 Å². The molecule has 1 atom stereocenters. The number of carboxylic acid groups (broad SMARTS) is 1. The Hall–Kier alpha value is -3.09. The molecule has 26 heavy (non-hydrogen) atoms. The Morgan fingerprint density at radius 1 is 0.885 bits per heavy atom. The zero-order chi connectivity index (χ0) is 17.9. The van der Waals surface area contributed by atoms with Crippen molar-refractivity contribution < 1.29 is 9.90 Å². The lowest BCUT2D eigenvalue weighted by atomic mass is 9.67. The number of carboxylic acids is 1. The van der Waals surface area contributed by atoms with Crippen molar-refractivity contribution in [2.24, 2.45) is 0 Å². The van der Waals surface area contributed by atoms with Gasteiger partial charge >= 0.3 is 13.0 Å². The largest absolute Gasteiger partial charge is 0.478 e. The number of hydrogen-bond acceptors (Lipinski definition) is 4. The van der Waals surface area contributed by atoms with Gasteiger partial charge in [0.2, 0.25) is 0 Å². The maximum Gasteiger partial charge on any atom is 0.392 e. The summed E-state index contributed by atoms with van der Waals surface area (Å²) in [6.07, 6.45) is -0.0412. The smallest absolute Gasteiger partial charge is 0.392 e. The molecule has 0 spiro atoms. The number of anilines is 1. The number of nitrogens with one attached hydrogen (secondary N) is 2. The van der Waals surface area contributed by atoms with Crippen molar-refractivity contribution in [2.75, 3.05) is 4.92 Å². The molecule has 0 aliphatic carbocycles. The summed E-state index contributed by atoms with van der Waals surface area (Å²) >= 11 is 0. The first kappa shape index (κ1) is 16.4. The summed E-state index contributed by atoms with van der Waals surface area (Å²) in [6.45, 7) is -0.120. The molecule has 3 aromatic carbocycles. The Morgan fingerprint density at radius 2 is 1.50 bits per heavy atom. The second-order valence-corrected chi connectivity index (χ2v) is 6.17. The molecular formula is C20H18BN3O2. The highest BCUT2D eigenvalue weighted by Gasteiger charge is 2.37. The molecule has 1 heterocycles. The van der Waals surface area contributed by atoms with Gasteiger partial charge in [0.15, 0.2) is 0 Å². The average molecular weight is 343 g/mol. The van der Waals surface area contributed by atoms with Crippen LogP contribution in [0, 0.1) is 0 Å². The first-order valence-electron chi connectivity index (χ1n) is 8.47. The second kappa shape index (κ2) is 7.03. The van der Waals surface area contributed by atoms with Crippen molar-refractivity contribution in [3.63, 3.8) is 0 Å². The van der Waals surface area contributed by atoms with Gasteiger partial charge in [-0.2, -0.15) is 0 Å². The molecule has 0 saturated carbocycles. The van der Waals surface area contributed by atoms with E-state index in [1.807, 2.05) is 60.7 Å². The summed E-state index contributed by atoms with van der Waals surface area (Å²) in [5, 5.41) is 12.7. The SMILES string of the molecule is O=C(O)c1ccc(B2NC(c3ccccc3)NN2c2ccccc2)cc1. The average Bonchev–Trinajstić information content (AvgIpc) is 3.15. The number of benzene rings is 3. The van der Waals surface area contributed by atoms with E-state index in [-0.39, 0.29) is 18.7 Å². The molecule has 0 amide bonds. The fraction of sp³-hybridized carbons (Fsp3) is 0.0500. The first-order chi connectivity index (χ1) is 12.7. The number of hydrazine groups is 1. The third-order valence-electron chi connectivity index (χ3n) is 4.49. The highest BCUT2D eigenvalue weighted by molar-refractivity contribution is 6.75. The molecule has 5 nitrogen and oxygen atoms in total. The molecule has 128 valence electrons. The molecule has 0 aromatic heterocycles. The fourth-order valence-corrected chi connectivity index (χ4v) is 3.17. The number of nitrogens with zero attached hydrogens (tertiary/aromatic N) is 1. The lowest BCUT2D eigenvalue weighted by Crippen LogP contribution is -2.53. The normalized spacial score (nSPS) is 16.7. The van der Waals surface area contributed by atoms with Crippen LogP contribution in [0.2, 0.25) is 0 Å². The standard InChI is InChI=1S/C20H18BN3O2/c25-20(26)16-11-13-17(14-12-16)21-22-19(15-7-3-1-4-8-15)23-24(21)18-9-5-2-6-10-18/h1-14,19,22-23H,(H,25,26). The van der Waals surface area contributed by atoms with Crippen LogP contribution in [0.4, 0.5) is 5.69 Å². The lowest BCUT2D eigenvalue weighted by molar-refractivity contribution is 0.0697. The van der Waals surface area contributed by atoms with Gasteiger partial charge in [-0.05, 0) is 35.3 Å². The first-order valence-corrected chi connectivity index (χ1v) is 8.47. The van der Waals surface area contributed by atoms with Crippen molar-refractivity contribution in [1.82, 2.24) is 10.7 Å². The quantitative estimate of drug-likeness (QED) is 0.635. The minimum absolute atomic E-state index is 0.0412. The van der Waals surface area contributed by atoms with Crippen LogP contribution in [-0.4, -0.2) is 18.1 Å². The van der Waals surface area contributed by atoms with E-state index in [4.69, 9.17) is 5.11 Å². The number of para-hydroxylation sites is 1. The van der Waals surface area contributed by atoms with Gasteiger partial charge in [0.25, 0.3) is 0 Å². The van der Waals surface area contributed by atoms with Crippen LogP contribution in [0.3, 0.4) is 0 Å². The molecule has 1 saturated heterocycles. The molecule has 1 aliphatic rings. The third kappa shape index (κ3) is 3.20. The lowest BCUT2D eigenvalue weighted by Gasteiger charge is -2.23. The van der Waals surface area contributed by atoms with Crippen molar-refractivity contribution in [3.05, 3.63) is 96.1 Å². The number of aromatic carboxylic acids is 1. The molecule has 4 rings (SSSR count). The van der Waals surface area contributed by atoms with Crippen LogP contribution in [0.15, 0.2) is 84.9 Å². The van der Waals surface area contributed by atoms with Gasteiger partial charge in [0, 0.05) is 5.69 Å². The van der Waals surface area contributed by atoms with Gasteiger partial charge in [0.05, 0.1) is 11.7 Å². The molecule has 1 aliphatic heterocycles. The summed E-state index contributed by atoms with van der Waals surface area (Å²) in [7, 11) is 0. The third-order valence-corrected chi connectivity index (χ3v) is 4.49. The predicted octanol–water partition coefficient (Wildman–Crippen LogP) is 2.39. The van der Waals surface area contributed by atoms with E-state index in [0.29, 0.717) is 0 Å². The Balaban J connectivity index is 1.68. The van der Waals surface area contributed by atoms with E-state index in [2.05, 4.69) is 27.7 Å². The molecule has 6 heteroatoms. The van der Waals surface area contributed by atoms with Gasteiger partial charge in [-0.3, -0.25) is 0 Å². The number of carbonyl (C=O) groups is 1. The van der Waals surface area contributed by atoms with Gasteiger partial charge in [0.1, 0.15) is 0 Å². The van der Waals surface area contributed by atoms with Crippen molar-refractivity contribution >= 4 is 24.1 Å². The van der Waals surface area contributed by atoms with Crippen LogP contribution in [0.5, 0.6) is 0 Å². The van der Waals surface area contributed by atoms with E-state index in [9.17, 15) is 4.79 Å². The maximum absolute atomic E-state index is 11.1. The number of rotatable bonds is 4. The van der Waals surface area contributed by atoms with Gasteiger partial charge in [-0.25, -0.2) is 10.2 Å².